The minimum absolute atomic E-state index is 0.0225. The molecule has 29 heavy (non-hydrogen) atoms. The normalized spacial score (nSPS) is 12.8. The molecule has 1 aliphatic rings. The fourth-order valence-corrected chi connectivity index (χ4v) is 3.83. The Morgan fingerprint density at radius 3 is 2.62 bits per heavy atom. The number of amides is 2. The monoisotopic (exact) mass is 404 g/mol. The number of carbonyl (C=O) groups excluding carboxylic acids is 3. The molecule has 0 saturated carbocycles. The maximum atomic E-state index is 12.4. The number of esters is 1. The Balaban J connectivity index is 1.45. The number of aromatic nitrogens is 1. The molecule has 0 saturated heterocycles. The van der Waals surface area contributed by atoms with Crippen LogP contribution in [0.5, 0.6) is 0 Å². The summed E-state index contributed by atoms with van der Waals surface area (Å²) in [6.45, 7) is 3.70. The summed E-state index contributed by atoms with van der Waals surface area (Å²) in [6, 6.07) is 14.1. The van der Waals surface area contributed by atoms with Gasteiger partial charge in [-0.25, -0.2) is 9.78 Å². The molecule has 0 radical (unpaired) electrons. The lowest BCUT2D eigenvalue weighted by Crippen LogP contribution is -2.29. The van der Waals surface area contributed by atoms with E-state index in [9.17, 15) is 14.4 Å². The predicted molar refractivity (Wildman–Crippen MR) is 109 cm³/mol. The molecule has 0 atom stereocenters. The molecular weight excluding hydrogens is 388 g/mol. The van der Waals surface area contributed by atoms with Gasteiger partial charge in [0.25, 0.3) is 11.8 Å². The van der Waals surface area contributed by atoms with E-state index in [4.69, 9.17) is 4.74 Å². The van der Waals surface area contributed by atoms with Crippen LogP contribution in [0.1, 0.15) is 36.8 Å². The summed E-state index contributed by atoms with van der Waals surface area (Å²) < 4.78 is 5.34. The lowest BCUT2D eigenvalue weighted by molar-refractivity contribution is 0.0468. The van der Waals surface area contributed by atoms with E-state index >= 15 is 0 Å². The van der Waals surface area contributed by atoms with Gasteiger partial charge in [-0.2, -0.15) is 0 Å². The largest absolute Gasteiger partial charge is 0.456 e. The smallest absolute Gasteiger partial charge is 0.338 e. The molecule has 0 bridgehead atoms. The van der Waals surface area contributed by atoms with E-state index in [-0.39, 0.29) is 35.7 Å². The fourth-order valence-electron chi connectivity index (χ4n) is 3.02. The molecule has 6 nitrogen and oxygen atoms in total. The van der Waals surface area contributed by atoms with Gasteiger partial charge < -0.3 is 4.74 Å². The van der Waals surface area contributed by atoms with Crippen LogP contribution in [0.3, 0.4) is 0 Å². The molecule has 4 rings (SSSR count). The first-order chi connectivity index (χ1) is 14.1. The zero-order chi connectivity index (χ0) is 20.4. The predicted octanol–water partition coefficient (Wildman–Crippen LogP) is 3.95. The summed E-state index contributed by atoms with van der Waals surface area (Å²) in [5.41, 5.74) is 2.34. The first-order valence-electron chi connectivity index (χ1n) is 8.86. The van der Waals surface area contributed by atoms with Crippen molar-refractivity contribution < 1.29 is 19.1 Å². The van der Waals surface area contributed by atoms with Crippen molar-refractivity contribution in [3.63, 3.8) is 0 Å². The second-order valence-electron chi connectivity index (χ2n) is 6.36. The summed E-state index contributed by atoms with van der Waals surface area (Å²) in [7, 11) is 0. The molecule has 2 heterocycles. The quantitative estimate of drug-likeness (QED) is 0.353. The Kier molecular flexibility index (Phi) is 5.05. The Morgan fingerprint density at radius 1 is 1.10 bits per heavy atom. The zero-order valence-electron chi connectivity index (χ0n) is 15.3. The van der Waals surface area contributed by atoms with Gasteiger partial charge in [-0.05, 0) is 18.2 Å². The highest BCUT2D eigenvalue weighted by Crippen LogP contribution is 2.25. The van der Waals surface area contributed by atoms with Crippen LogP contribution < -0.4 is 0 Å². The van der Waals surface area contributed by atoms with Crippen LogP contribution in [0, 0.1) is 0 Å². The van der Waals surface area contributed by atoms with Crippen LogP contribution in [-0.4, -0.2) is 34.2 Å². The maximum absolute atomic E-state index is 12.4. The van der Waals surface area contributed by atoms with Gasteiger partial charge in [-0.3, -0.25) is 14.5 Å². The molecule has 1 aliphatic heterocycles. The average molecular weight is 404 g/mol. The first-order valence-corrected chi connectivity index (χ1v) is 9.74. The fraction of sp³-hybridized carbons (Fsp3) is 0.0909. The third-order valence-electron chi connectivity index (χ3n) is 4.44. The molecule has 144 valence electrons. The van der Waals surface area contributed by atoms with Gasteiger partial charge in [-0.15, -0.1) is 17.9 Å². The second-order valence-corrected chi connectivity index (χ2v) is 7.21. The number of nitrogens with zero attached hydrogens (tertiary/aromatic N) is 2. The van der Waals surface area contributed by atoms with E-state index in [2.05, 4.69) is 11.6 Å². The third kappa shape index (κ3) is 3.60. The average Bonchev–Trinajstić information content (AvgIpc) is 3.32. The highest BCUT2D eigenvalue weighted by Gasteiger charge is 2.35. The van der Waals surface area contributed by atoms with E-state index in [1.807, 2.05) is 35.7 Å². The van der Waals surface area contributed by atoms with E-state index in [0.29, 0.717) is 5.69 Å². The Hall–Kier alpha value is -3.58. The topological polar surface area (TPSA) is 76.6 Å². The summed E-state index contributed by atoms with van der Waals surface area (Å²) in [5.74, 6) is -1.41. The van der Waals surface area contributed by atoms with Crippen molar-refractivity contribution in [1.29, 1.82) is 0 Å². The van der Waals surface area contributed by atoms with E-state index in [0.717, 1.165) is 15.5 Å². The van der Waals surface area contributed by atoms with E-state index in [1.54, 1.807) is 0 Å². The molecule has 2 aromatic carbocycles. The molecular formula is C22H16N2O4S. The molecule has 7 heteroatoms. The van der Waals surface area contributed by atoms with Crippen molar-refractivity contribution in [2.24, 2.45) is 0 Å². The summed E-state index contributed by atoms with van der Waals surface area (Å²) in [6.07, 6.45) is 1.48. The van der Waals surface area contributed by atoms with E-state index < -0.39 is 11.9 Å². The third-order valence-corrected chi connectivity index (χ3v) is 5.38. The van der Waals surface area contributed by atoms with Crippen molar-refractivity contribution in [2.75, 3.05) is 6.54 Å². The van der Waals surface area contributed by atoms with Crippen molar-refractivity contribution in [3.05, 3.63) is 89.0 Å². The van der Waals surface area contributed by atoms with Gasteiger partial charge in [0, 0.05) is 17.5 Å². The van der Waals surface area contributed by atoms with Crippen LogP contribution in [-0.2, 0) is 11.3 Å². The number of benzene rings is 2. The Morgan fingerprint density at radius 2 is 1.86 bits per heavy atom. The van der Waals surface area contributed by atoms with Gasteiger partial charge in [-0.1, -0.05) is 36.4 Å². The highest BCUT2D eigenvalue weighted by atomic mass is 32.1. The number of thiazole rings is 1. The highest BCUT2D eigenvalue weighted by molar-refractivity contribution is 7.13. The van der Waals surface area contributed by atoms with Crippen LogP contribution >= 0.6 is 11.3 Å². The van der Waals surface area contributed by atoms with E-state index in [1.165, 1.54) is 35.6 Å². The molecule has 0 fully saturated rings. The number of rotatable bonds is 6. The molecule has 1 aromatic heterocycles. The van der Waals surface area contributed by atoms with Gasteiger partial charge in [0.1, 0.15) is 11.6 Å². The minimum Gasteiger partial charge on any atom is -0.456 e. The summed E-state index contributed by atoms with van der Waals surface area (Å²) in [5, 5.41) is 2.69. The SMILES string of the molecule is C=CCN1C(=O)c2ccc(C(=O)OCc3csc(-c4ccccc4)n3)cc2C1=O. The summed E-state index contributed by atoms with van der Waals surface area (Å²) in [4.78, 5) is 42.6. The molecule has 3 aromatic rings. The number of ether oxygens (including phenoxy) is 1. The zero-order valence-corrected chi connectivity index (χ0v) is 16.1. The number of imide groups is 1. The molecule has 0 spiro atoms. The molecule has 0 aliphatic carbocycles. The standard InChI is InChI=1S/C22H16N2O4S/c1-2-10-24-20(25)17-9-8-15(11-18(17)21(24)26)22(27)28-12-16-13-29-19(23-16)14-6-4-3-5-7-14/h2-9,11,13H,1,10,12H2. The van der Waals surface area contributed by atoms with Gasteiger partial charge >= 0.3 is 5.97 Å². The number of hydrogen-bond acceptors (Lipinski definition) is 6. The van der Waals surface area contributed by atoms with Crippen molar-refractivity contribution in [2.45, 2.75) is 6.61 Å². The Bertz CT molecular complexity index is 1120. The van der Waals surface area contributed by atoms with Crippen molar-refractivity contribution in [1.82, 2.24) is 9.88 Å². The summed E-state index contributed by atoms with van der Waals surface area (Å²) >= 11 is 1.47. The van der Waals surface area contributed by atoms with Gasteiger partial charge in [0.2, 0.25) is 0 Å². The number of hydrogen-bond donors (Lipinski definition) is 0. The number of carbonyl (C=O) groups is 3. The lowest BCUT2D eigenvalue weighted by atomic mass is 10.1. The second kappa shape index (κ2) is 7.81. The minimum atomic E-state index is -0.579. The van der Waals surface area contributed by atoms with Gasteiger partial charge in [0.15, 0.2) is 0 Å². The maximum Gasteiger partial charge on any atom is 0.338 e. The first kappa shape index (κ1) is 18.8. The Labute approximate surface area is 171 Å². The van der Waals surface area contributed by atoms with Crippen LogP contribution in [0.4, 0.5) is 0 Å². The molecule has 0 unspecified atom stereocenters. The van der Waals surface area contributed by atoms with Crippen LogP contribution in [0.15, 0.2) is 66.6 Å². The number of fused-ring (bicyclic) bond motifs is 1. The molecule has 0 N–H and O–H groups in total. The van der Waals surface area contributed by atoms with Crippen LogP contribution in [0.25, 0.3) is 10.6 Å². The van der Waals surface area contributed by atoms with Crippen molar-refractivity contribution in [3.8, 4) is 10.6 Å². The molecule has 2 amide bonds. The van der Waals surface area contributed by atoms with Crippen LogP contribution in [0.2, 0.25) is 0 Å². The van der Waals surface area contributed by atoms with Gasteiger partial charge in [0.05, 0.1) is 22.4 Å². The lowest BCUT2D eigenvalue weighted by Gasteiger charge is -2.09. The van der Waals surface area contributed by atoms with Crippen molar-refractivity contribution >= 4 is 29.1 Å².